The summed E-state index contributed by atoms with van der Waals surface area (Å²) in [6, 6.07) is 107. The van der Waals surface area contributed by atoms with Gasteiger partial charge in [0.2, 0.25) is 0 Å². The second kappa shape index (κ2) is 22.6. The van der Waals surface area contributed by atoms with E-state index in [-0.39, 0.29) is 10.8 Å². The molecule has 470 valence electrons. The first kappa shape index (κ1) is 58.6. The molecule has 2 aromatic heterocycles. The van der Waals surface area contributed by atoms with E-state index in [0.717, 1.165) is 130 Å². The second-order valence-corrected chi connectivity index (χ2v) is 29.3. The Hall–Kier alpha value is -10.9. The van der Waals surface area contributed by atoms with Gasteiger partial charge in [-0.2, -0.15) is 0 Å². The van der Waals surface area contributed by atoms with Crippen molar-refractivity contribution in [1.29, 1.82) is 0 Å². The van der Waals surface area contributed by atoms with Crippen molar-refractivity contribution in [3.8, 4) is 55.6 Å². The quantitative estimate of drug-likeness (QED) is 0.137. The molecular formula is C93H76N2O2. The maximum atomic E-state index is 7.79. The van der Waals surface area contributed by atoms with Crippen LogP contribution in [0, 0.1) is 0 Å². The summed E-state index contributed by atoms with van der Waals surface area (Å²) >= 11 is 0. The van der Waals surface area contributed by atoms with E-state index < -0.39 is 5.41 Å². The fourth-order valence-corrected chi connectivity index (χ4v) is 16.9. The predicted molar refractivity (Wildman–Crippen MR) is 406 cm³/mol. The lowest BCUT2D eigenvalue weighted by atomic mass is 9.70. The summed E-state index contributed by atoms with van der Waals surface area (Å²) in [4.78, 5) is 5.18. The molecule has 1 spiro atoms. The molecule has 0 unspecified atom stereocenters. The van der Waals surface area contributed by atoms with Crippen LogP contribution in [0.4, 0.5) is 34.1 Å². The molecule has 0 N–H and O–H groups in total. The topological polar surface area (TPSA) is 32.8 Å². The van der Waals surface area contributed by atoms with E-state index in [1.54, 1.807) is 0 Å². The SMILES string of the molecule is CC(C)(C)c1ccc(N(c2ccc(-c3ccccc3)cc2-c2ccccc2)c2cc3c(c4oc5ccccc5c24)-c2c(cc(N(c4ccc(C(C)(C)C)cc4)c4ccc(-c5ccccc5)cc4C4CCCCC4)c4c2oc2ccccc24)C32c3ccccc3-c3ccccc32)cc1. The van der Waals surface area contributed by atoms with Crippen LogP contribution in [-0.2, 0) is 16.2 Å². The summed E-state index contributed by atoms with van der Waals surface area (Å²) in [5.41, 5.74) is 29.1. The van der Waals surface area contributed by atoms with E-state index in [4.69, 9.17) is 8.83 Å². The van der Waals surface area contributed by atoms with Crippen LogP contribution >= 0.6 is 0 Å². The largest absolute Gasteiger partial charge is 0.455 e. The molecule has 97 heavy (non-hydrogen) atoms. The highest BCUT2D eigenvalue weighted by Crippen LogP contribution is 2.68. The van der Waals surface area contributed by atoms with E-state index in [1.165, 1.54) is 75.0 Å². The smallest absolute Gasteiger partial charge is 0.145 e. The summed E-state index contributed by atoms with van der Waals surface area (Å²) in [6.07, 6.45) is 5.95. The highest BCUT2D eigenvalue weighted by Gasteiger charge is 2.55. The van der Waals surface area contributed by atoms with Crippen LogP contribution in [0.1, 0.15) is 119 Å². The van der Waals surface area contributed by atoms with Crippen molar-refractivity contribution in [2.24, 2.45) is 0 Å². The lowest BCUT2D eigenvalue weighted by molar-refractivity contribution is 0.444. The number of fused-ring (bicyclic) bond motifs is 18. The van der Waals surface area contributed by atoms with Crippen molar-refractivity contribution >= 4 is 78.0 Å². The maximum absolute atomic E-state index is 7.79. The van der Waals surface area contributed by atoms with E-state index in [9.17, 15) is 0 Å². The lowest BCUT2D eigenvalue weighted by Gasteiger charge is -2.35. The van der Waals surface area contributed by atoms with Crippen LogP contribution in [0.15, 0.2) is 294 Å². The zero-order valence-electron chi connectivity index (χ0n) is 56.0. The molecule has 0 aliphatic heterocycles. The Balaban J connectivity index is 1.00. The number of hydrogen-bond donors (Lipinski definition) is 0. The molecule has 0 radical (unpaired) electrons. The van der Waals surface area contributed by atoms with Crippen LogP contribution in [0.5, 0.6) is 0 Å². The van der Waals surface area contributed by atoms with Gasteiger partial charge in [0.25, 0.3) is 0 Å². The Morgan fingerprint density at radius 3 is 1.23 bits per heavy atom. The Morgan fingerprint density at radius 2 is 0.742 bits per heavy atom. The van der Waals surface area contributed by atoms with Gasteiger partial charge in [0.05, 0.1) is 33.2 Å². The van der Waals surface area contributed by atoms with Crippen LogP contribution < -0.4 is 9.80 Å². The van der Waals surface area contributed by atoms with Crippen molar-refractivity contribution in [3.05, 3.63) is 324 Å². The van der Waals surface area contributed by atoms with Gasteiger partial charge in [-0.15, -0.1) is 0 Å². The van der Waals surface area contributed by atoms with Gasteiger partial charge < -0.3 is 18.6 Å². The molecule has 0 atom stereocenters. The average molecular weight is 1250 g/mol. The summed E-state index contributed by atoms with van der Waals surface area (Å²) in [7, 11) is 0. The summed E-state index contributed by atoms with van der Waals surface area (Å²) in [5.74, 6) is 0.364. The number of rotatable bonds is 10. The minimum Gasteiger partial charge on any atom is -0.455 e. The minimum absolute atomic E-state index is 0.0576. The number of para-hydroxylation sites is 2. The molecule has 0 bridgehead atoms. The molecule has 4 nitrogen and oxygen atoms in total. The second-order valence-electron chi connectivity index (χ2n) is 29.3. The van der Waals surface area contributed by atoms with Gasteiger partial charge in [0.15, 0.2) is 0 Å². The molecule has 18 rings (SSSR count). The lowest BCUT2D eigenvalue weighted by Crippen LogP contribution is -2.27. The maximum Gasteiger partial charge on any atom is 0.145 e. The predicted octanol–water partition coefficient (Wildman–Crippen LogP) is 26.4. The van der Waals surface area contributed by atoms with Gasteiger partial charge in [0, 0.05) is 44.5 Å². The highest BCUT2D eigenvalue weighted by molar-refractivity contribution is 6.25. The molecule has 4 heteroatoms. The first-order valence-corrected chi connectivity index (χ1v) is 34.8. The Kier molecular flexibility index (Phi) is 13.7. The summed E-state index contributed by atoms with van der Waals surface area (Å²) in [6.45, 7) is 13.8. The molecule has 15 aromatic rings. The van der Waals surface area contributed by atoms with Crippen molar-refractivity contribution in [2.45, 2.75) is 95.8 Å². The first-order chi connectivity index (χ1) is 47.4. The van der Waals surface area contributed by atoms with Crippen LogP contribution in [0.3, 0.4) is 0 Å². The zero-order chi connectivity index (χ0) is 65.3. The molecule has 3 aliphatic rings. The molecule has 0 amide bonds. The first-order valence-electron chi connectivity index (χ1n) is 34.8. The summed E-state index contributed by atoms with van der Waals surface area (Å²) in [5, 5.41) is 4.21. The number of anilines is 6. The summed E-state index contributed by atoms with van der Waals surface area (Å²) < 4.78 is 15.6. The third-order valence-corrected chi connectivity index (χ3v) is 21.6. The minimum atomic E-state index is -0.895. The van der Waals surface area contributed by atoms with Crippen LogP contribution in [-0.4, -0.2) is 0 Å². The van der Waals surface area contributed by atoms with Crippen molar-refractivity contribution in [1.82, 2.24) is 0 Å². The van der Waals surface area contributed by atoms with Crippen molar-refractivity contribution in [3.63, 3.8) is 0 Å². The molecule has 1 saturated carbocycles. The molecule has 0 saturated heterocycles. The number of benzene rings is 13. The number of furan rings is 2. The Morgan fingerprint density at radius 1 is 0.330 bits per heavy atom. The molecular weight excluding hydrogens is 1180 g/mol. The van der Waals surface area contributed by atoms with E-state index in [0.29, 0.717) is 5.92 Å². The van der Waals surface area contributed by atoms with Gasteiger partial charge in [-0.1, -0.05) is 273 Å². The van der Waals surface area contributed by atoms with Gasteiger partial charge in [-0.05, 0) is 180 Å². The fraction of sp³-hybridized carbons (Fsp3) is 0.161. The number of nitrogens with zero attached hydrogens (tertiary/aromatic N) is 2. The molecule has 13 aromatic carbocycles. The Bertz CT molecular complexity index is 5520. The normalized spacial score (nSPS) is 14.1. The van der Waals surface area contributed by atoms with Crippen LogP contribution in [0.25, 0.3) is 99.5 Å². The van der Waals surface area contributed by atoms with Crippen molar-refractivity contribution < 1.29 is 8.83 Å². The number of hydrogen-bond acceptors (Lipinski definition) is 4. The molecule has 3 aliphatic carbocycles. The standard InChI is InChI=1S/C93H76N2O2/c1-91(2,3)65-45-49-67(50-46-65)94(79-53-43-63(59-27-11-7-12-28-59)55-73(79)61-31-15-9-16-32-61)81-57-77-87(89-85(81)71-37-21-25-41-83(71)96-89)88-78(93(77)75-39-23-19-35-69(75)70-36-20-24-40-76(70)93)58-82(86-72-38-22-26-42-84(72)97-90(86)88)95(68-51-47-66(48-52-68)92(4,5)6)80-54-44-64(60-29-13-8-14-30-60)56-74(80)62-33-17-10-18-34-62/h7-9,11-16,19-32,35-58,62H,10,17-18,33-34H2,1-6H3. The molecule has 1 fully saturated rings. The monoisotopic (exact) mass is 1250 g/mol. The van der Waals surface area contributed by atoms with E-state index in [1.807, 2.05) is 0 Å². The van der Waals surface area contributed by atoms with Gasteiger partial charge in [-0.3, -0.25) is 0 Å². The van der Waals surface area contributed by atoms with Gasteiger partial charge in [0.1, 0.15) is 22.3 Å². The van der Waals surface area contributed by atoms with Crippen LogP contribution in [0.2, 0.25) is 0 Å². The Labute approximate surface area is 568 Å². The van der Waals surface area contributed by atoms with Gasteiger partial charge in [-0.25, -0.2) is 0 Å². The third kappa shape index (κ3) is 9.31. The molecule has 2 heterocycles. The third-order valence-electron chi connectivity index (χ3n) is 21.6. The van der Waals surface area contributed by atoms with Gasteiger partial charge >= 0.3 is 0 Å². The zero-order valence-corrected chi connectivity index (χ0v) is 56.0. The highest BCUT2D eigenvalue weighted by atomic mass is 16.3. The van der Waals surface area contributed by atoms with E-state index in [2.05, 4.69) is 336 Å². The van der Waals surface area contributed by atoms with E-state index >= 15 is 0 Å². The van der Waals surface area contributed by atoms with Crippen molar-refractivity contribution in [2.75, 3.05) is 9.80 Å². The average Bonchev–Trinajstić information content (AvgIpc) is 1.49. The fourth-order valence-electron chi connectivity index (χ4n) is 16.9.